The molecular formula is C20H14N10S2. The number of aromatic amines is 1. The first-order chi connectivity index (χ1) is 15.8. The summed E-state index contributed by atoms with van der Waals surface area (Å²) in [7, 11) is 0. The first kappa shape index (κ1) is 17.9. The van der Waals surface area contributed by atoms with E-state index in [1.165, 1.54) is 22.7 Å². The van der Waals surface area contributed by atoms with Crippen LogP contribution in [0, 0.1) is 0 Å². The highest BCUT2D eigenvalue weighted by Gasteiger charge is 2.31. The maximum atomic E-state index is 4.71. The Morgan fingerprint density at radius 2 is 1.12 bits per heavy atom. The lowest BCUT2D eigenvalue weighted by Gasteiger charge is -2.16. The highest BCUT2D eigenvalue weighted by molar-refractivity contribution is 7.19. The zero-order valence-corrected chi connectivity index (χ0v) is 17.9. The summed E-state index contributed by atoms with van der Waals surface area (Å²) in [5.74, 6) is 0. The Hall–Kier alpha value is -3.74. The Labute approximate surface area is 188 Å². The van der Waals surface area contributed by atoms with E-state index in [-0.39, 0.29) is 12.3 Å². The maximum Gasteiger partial charge on any atom is 0.235 e. The third-order valence-corrected chi connectivity index (χ3v) is 6.90. The molecule has 0 aliphatic carbocycles. The first-order valence-electron chi connectivity index (χ1n) is 9.89. The predicted molar refractivity (Wildman–Crippen MR) is 122 cm³/mol. The number of rotatable bonds is 0. The van der Waals surface area contributed by atoms with E-state index in [1.54, 1.807) is 0 Å². The van der Waals surface area contributed by atoms with Crippen LogP contribution in [-0.4, -0.2) is 25.4 Å². The Bertz CT molecular complexity index is 1480. The highest BCUT2D eigenvalue weighted by atomic mass is 32.1. The molecule has 2 atom stereocenters. The second-order valence-electron chi connectivity index (χ2n) is 7.32. The van der Waals surface area contributed by atoms with E-state index in [4.69, 9.17) is 9.98 Å². The van der Waals surface area contributed by atoms with Crippen LogP contribution < -0.4 is 26.9 Å². The maximum absolute atomic E-state index is 4.71. The van der Waals surface area contributed by atoms with E-state index < -0.39 is 0 Å². The van der Waals surface area contributed by atoms with Crippen molar-refractivity contribution in [1.82, 2.24) is 30.7 Å². The van der Waals surface area contributed by atoms with Gasteiger partial charge in [0.25, 0.3) is 0 Å². The summed E-state index contributed by atoms with van der Waals surface area (Å²) < 4.78 is 0. The molecule has 0 saturated heterocycles. The van der Waals surface area contributed by atoms with Crippen LogP contribution in [0.3, 0.4) is 0 Å². The zero-order valence-electron chi connectivity index (χ0n) is 16.3. The monoisotopic (exact) mass is 458 g/mol. The summed E-state index contributed by atoms with van der Waals surface area (Å²) in [6.45, 7) is 0. The molecule has 12 heteroatoms. The summed E-state index contributed by atoms with van der Waals surface area (Å²) >= 11 is 2.79. The second-order valence-corrected chi connectivity index (χ2v) is 9.23. The van der Waals surface area contributed by atoms with Gasteiger partial charge in [0.05, 0.1) is 0 Å². The van der Waals surface area contributed by atoms with Crippen LogP contribution in [0.15, 0.2) is 58.5 Å². The van der Waals surface area contributed by atoms with Crippen molar-refractivity contribution in [3.05, 3.63) is 70.6 Å². The fraction of sp³-hybridized carbons (Fsp3) is 0.100. The molecule has 5 heterocycles. The smallest absolute Gasteiger partial charge is 0.235 e. The summed E-state index contributed by atoms with van der Waals surface area (Å²) in [5.41, 5.74) is 3.64. The highest BCUT2D eigenvalue weighted by Crippen LogP contribution is 2.36. The van der Waals surface area contributed by atoms with Crippen LogP contribution in [0.1, 0.15) is 23.5 Å². The molecule has 0 radical (unpaired) electrons. The van der Waals surface area contributed by atoms with Gasteiger partial charge >= 0.3 is 0 Å². The molecule has 10 nitrogen and oxygen atoms in total. The molecule has 3 aromatic heterocycles. The number of nitrogens with one attached hydrogen (secondary N) is 4. The Balaban J connectivity index is 1.45. The van der Waals surface area contributed by atoms with Crippen LogP contribution in [0.5, 0.6) is 0 Å². The second kappa shape index (κ2) is 6.88. The van der Waals surface area contributed by atoms with Crippen molar-refractivity contribution < 1.29 is 0 Å². The normalized spacial score (nSPS) is 21.0. The third kappa shape index (κ3) is 2.88. The number of benzene rings is 2. The van der Waals surface area contributed by atoms with Gasteiger partial charge in [-0.05, 0) is 11.1 Å². The Morgan fingerprint density at radius 1 is 0.625 bits per heavy atom. The number of aromatic nitrogens is 5. The van der Waals surface area contributed by atoms with Crippen molar-refractivity contribution >= 4 is 54.0 Å². The molecule has 156 valence electrons. The van der Waals surface area contributed by atoms with E-state index in [0.717, 1.165) is 21.9 Å². The molecule has 2 unspecified atom stereocenters. The average Bonchev–Trinajstić information content (AvgIpc) is 3.58. The van der Waals surface area contributed by atoms with Crippen molar-refractivity contribution in [3.63, 3.8) is 0 Å². The molecule has 7 rings (SSSR count). The van der Waals surface area contributed by atoms with Crippen molar-refractivity contribution in [2.75, 3.05) is 10.6 Å². The molecule has 0 saturated carbocycles. The standard InChI is InChI=1S/C20H14N10S2/c1-2-6-10-9(5-1)13-21-14(10)24-18-28-30-20(32-18)26-16-12-8-4-3-7-11(12)15(22-16)25-19-29-27-17(23-13)31-19/h1-8,13-14,21H,(H,23,27)(H,24,28)(H,22,25,26,29,30). The van der Waals surface area contributed by atoms with E-state index in [0.29, 0.717) is 31.5 Å². The Kier molecular flexibility index (Phi) is 3.85. The SMILES string of the molecule is c1ccc2c(c1)C1Nc3nnc(s3)/N=c3\[nH]/c(c4ccccc34)=N\c3nnc(s3)NC2N1. The van der Waals surface area contributed by atoms with Gasteiger partial charge in [0, 0.05) is 10.8 Å². The number of hydrogen-bond acceptors (Lipinski definition) is 11. The predicted octanol–water partition coefficient (Wildman–Crippen LogP) is 2.91. The van der Waals surface area contributed by atoms with Gasteiger partial charge in [-0.2, -0.15) is 9.98 Å². The van der Waals surface area contributed by atoms with E-state index in [9.17, 15) is 0 Å². The first-order valence-corrected chi connectivity index (χ1v) is 11.5. The topological polar surface area (TPSA) is 128 Å². The van der Waals surface area contributed by atoms with Gasteiger partial charge in [-0.1, -0.05) is 71.2 Å². The van der Waals surface area contributed by atoms with Gasteiger partial charge in [0.2, 0.25) is 20.5 Å². The molecule has 0 fully saturated rings. The fourth-order valence-electron chi connectivity index (χ4n) is 4.02. The fourth-order valence-corrected chi connectivity index (χ4v) is 5.32. The van der Waals surface area contributed by atoms with Gasteiger partial charge in [0.1, 0.15) is 23.3 Å². The lowest BCUT2D eigenvalue weighted by molar-refractivity contribution is 0.570. The largest absolute Gasteiger partial charge is 0.341 e. The van der Waals surface area contributed by atoms with Crippen molar-refractivity contribution in [1.29, 1.82) is 0 Å². The summed E-state index contributed by atoms with van der Waals surface area (Å²) in [4.78, 5) is 12.7. The molecule has 32 heavy (non-hydrogen) atoms. The Morgan fingerprint density at radius 3 is 1.66 bits per heavy atom. The summed E-state index contributed by atoms with van der Waals surface area (Å²) in [6, 6.07) is 16.2. The van der Waals surface area contributed by atoms with Crippen LogP contribution >= 0.6 is 22.7 Å². The van der Waals surface area contributed by atoms with Gasteiger partial charge in [-0.15, -0.1) is 20.4 Å². The van der Waals surface area contributed by atoms with Crippen LogP contribution in [0.4, 0.5) is 20.5 Å². The molecular weight excluding hydrogens is 444 g/mol. The van der Waals surface area contributed by atoms with Crippen LogP contribution in [-0.2, 0) is 0 Å². The average molecular weight is 459 g/mol. The minimum Gasteiger partial charge on any atom is -0.341 e. The number of fused-ring (bicyclic) bond motifs is 14. The lowest BCUT2D eigenvalue weighted by atomic mass is 10.1. The van der Waals surface area contributed by atoms with Gasteiger partial charge in [-0.3, -0.25) is 5.32 Å². The minimum atomic E-state index is -0.132. The number of H-pyrrole nitrogens is 1. The van der Waals surface area contributed by atoms with Gasteiger partial charge < -0.3 is 15.6 Å². The van der Waals surface area contributed by atoms with Crippen molar-refractivity contribution in [2.45, 2.75) is 12.3 Å². The van der Waals surface area contributed by atoms with Crippen LogP contribution in [0.25, 0.3) is 10.8 Å². The minimum absolute atomic E-state index is 0.132. The van der Waals surface area contributed by atoms with E-state index in [2.05, 4.69) is 53.5 Å². The lowest BCUT2D eigenvalue weighted by Crippen LogP contribution is -2.28. The molecule has 4 N–H and O–H groups in total. The van der Waals surface area contributed by atoms with Crippen molar-refractivity contribution in [3.8, 4) is 0 Å². The molecule has 8 bridgehead atoms. The molecule has 5 aromatic rings. The molecule has 0 amide bonds. The van der Waals surface area contributed by atoms with E-state index in [1.807, 2.05) is 36.4 Å². The summed E-state index contributed by atoms with van der Waals surface area (Å²) in [6.07, 6.45) is -0.264. The molecule has 2 aliphatic rings. The number of anilines is 2. The summed E-state index contributed by atoms with van der Waals surface area (Å²) in [5, 5.41) is 31.9. The van der Waals surface area contributed by atoms with Gasteiger partial charge in [0.15, 0.2) is 0 Å². The molecule has 0 spiro atoms. The number of hydrogen-bond donors (Lipinski definition) is 4. The van der Waals surface area contributed by atoms with E-state index >= 15 is 0 Å². The number of nitrogens with zero attached hydrogens (tertiary/aromatic N) is 6. The zero-order chi connectivity index (χ0) is 21.1. The van der Waals surface area contributed by atoms with Crippen LogP contribution in [0.2, 0.25) is 0 Å². The molecule has 2 aromatic carbocycles. The van der Waals surface area contributed by atoms with Crippen molar-refractivity contribution in [2.24, 2.45) is 9.98 Å². The van der Waals surface area contributed by atoms with Gasteiger partial charge in [-0.25, -0.2) is 0 Å². The molecule has 2 aliphatic heterocycles. The third-order valence-electron chi connectivity index (χ3n) is 5.40. The quantitative estimate of drug-likeness (QED) is 0.281.